The van der Waals surface area contributed by atoms with Gasteiger partial charge < -0.3 is 48.5 Å². The summed E-state index contributed by atoms with van der Waals surface area (Å²) in [5.41, 5.74) is -7.62. The summed E-state index contributed by atoms with van der Waals surface area (Å²) in [4.78, 5) is 38.9. The smallest absolute Gasteiger partial charge is 0.311 e. The van der Waals surface area contributed by atoms with Crippen LogP contribution in [0.5, 0.6) is 0 Å². The number of ether oxygens (including phenoxy) is 7. The average molecular weight is 683 g/mol. The van der Waals surface area contributed by atoms with Crippen LogP contribution in [-0.4, -0.2) is 101 Å². The second-order valence-corrected chi connectivity index (χ2v) is 16.2. The van der Waals surface area contributed by atoms with Gasteiger partial charge >= 0.3 is 17.9 Å². The fourth-order valence-corrected chi connectivity index (χ4v) is 5.20. The van der Waals surface area contributed by atoms with Crippen LogP contribution in [-0.2, 0) is 54.1 Å². The van der Waals surface area contributed by atoms with Gasteiger partial charge in [-0.3, -0.25) is 14.4 Å². The Morgan fingerprint density at radius 1 is 0.854 bits per heavy atom. The molecule has 1 aromatic carbocycles. The molecule has 13 heteroatoms. The Balaban J connectivity index is 2.20. The van der Waals surface area contributed by atoms with Crippen LogP contribution in [0.3, 0.4) is 0 Å². The monoisotopic (exact) mass is 682 g/mol. The Labute approximate surface area is 283 Å². The summed E-state index contributed by atoms with van der Waals surface area (Å²) in [6.07, 6.45) is -5.40. The van der Waals surface area contributed by atoms with Gasteiger partial charge in [0.15, 0.2) is 17.0 Å². The highest BCUT2D eigenvalue weighted by Gasteiger charge is 2.76. The molecule has 0 aromatic heterocycles. The molecule has 1 unspecified atom stereocenters. The second-order valence-electron chi connectivity index (χ2n) is 16.2. The predicted octanol–water partition coefficient (Wildman–Crippen LogP) is 3.04. The van der Waals surface area contributed by atoms with E-state index in [4.69, 9.17) is 33.2 Å². The van der Waals surface area contributed by atoms with Crippen molar-refractivity contribution in [3.05, 3.63) is 35.9 Å². The van der Waals surface area contributed by atoms with E-state index < -0.39 is 95.1 Å². The zero-order valence-electron chi connectivity index (χ0n) is 30.1. The van der Waals surface area contributed by atoms with Gasteiger partial charge in [-0.2, -0.15) is 0 Å². The van der Waals surface area contributed by atoms with Crippen LogP contribution in [0, 0.1) is 16.2 Å². The first-order chi connectivity index (χ1) is 21.8. The third kappa shape index (κ3) is 8.55. The van der Waals surface area contributed by atoms with Gasteiger partial charge in [-0.1, -0.05) is 30.3 Å². The van der Waals surface area contributed by atoms with Crippen LogP contribution in [0.15, 0.2) is 30.3 Å². The van der Waals surface area contributed by atoms with Crippen molar-refractivity contribution in [2.24, 2.45) is 16.2 Å². The van der Waals surface area contributed by atoms with Crippen molar-refractivity contribution >= 4 is 17.9 Å². The lowest BCUT2D eigenvalue weighted by Gasteiger charge is -2.47. The van der Waals surface area contributed by atoms with Crippen molar-refractivity contribution in [3.63, 3.8) is 0 Å². The summed E-state index contributed by atoms with van der Waals surface area (Å²) in [7, 11) is 0. The standard InChI is InChI=1S/C35H54O13/c1-29(2,3)26(38)43-18-23(36)33(41,19-44-27(39)30(4,5)6)34(20-45-28(40)31(7,8)9)24(37)25(42-17-22-15-13-12-14-16-22)35(48-34)21-46-32(10,11)47-35/h12-16,23-25,36-37,41H,17-21H2,1-11H3/t23-,24+,25-,33+,34-,35?/m1/s1. The van der Waals surface area contributed by atoms with Crippen LogP contribution in [0.25, 0.3) is 0 Å². The van der Waals surface area contributed by atoms with Crippen molar-refractivity contribution in [2.75, 3.05) is 26.4 Å². The number of aliphatic hydroxyl groups is 3. The van der Waals surface area contributed by atoms with Crippen LogP contribution >= 0.6 is 0 Å². The molecular weight excluding hydrogens is 628 g/mol. The lowest BCUT2D eigenvalue weighted by atomic mass is 9.75. The van der Waals surface area contributed by atoms with Gasteiger partial charge in [-0.05, 0) is 81.7 Å². The summed E-state index contributed by atoms with van der Waals surface area (Å²) in [6, 6.07) is 9.05. The number of esters is 3. The number of aliphatic hydroxyl groups excluding tert-OH is 2. The Hall–Kier alpha value is -2.65. The van der Waals surface area contributed by atoms with Crippen molar-refractivity contribution in [2.45, 2.75) is 124 Å². The predicted molar refractivity (Wildman–Crippen MR) is 171 cm³/mol. The molecule has 3 N–H and O–H groups in total. The first-order valence-corrected chi connectivity index (χ1v) is 16.1. The zero-order chi connectivity index (χ0) is 36.6. The summed E-state index contributed by atoms with van der Waals surface area (Å²) in [5.74, 6) is -5.37. The van der Waals surface area contributed by atoms with E-state index in [1.165, 1.54) is 0 Å². The Kier molecular flexibility index (Phi) is 11.5. The summed E-state index contributed by atoms with van der Waals surface area (Å²) in [5, 5.41) is 36.7. The van der Waals surface area contributed by atoms with E-state index in [1.807, 2.05) is 18.2 Å². The van der Waals surface area contributed by atoms with E-state index in [2.05, 4.69) is 0 Å². The van der Waals surface area contributed by atoms with Gasteiger partial charge in [0.25, 0.3) is 0 Å². The normalized spacial score (nSPS) is 27.7. The van der Waals surface area contributed by atoms with E-state index in [0.29, 0.717) is 0 Å². The SMILES string of the molecule is CC1(C)OCC2(O1)O[C@@](COC(=O)C(C)(C)C)([C@](O)(COC(=O)C(C)(C)C)[C@H](O)COC(=O)C(C)(C)C)[C@@H](O)[C@H]2OCc1ccccc1. The molecule has 0 amide bonds. The molecule has 3 rings (SSSR count). The van der Waals surface area contributed by atoms with Crippen LogP contribution in [0.2, 0.25) is 0 Å². The van der Waals surface area contributed by atoms with Crippen molar-refractivity contribution in [1.29, 1.82) is 0 Å². The van der Waals surface area contributed by atoms with Gasteiger partial charge in [0.1, 0.15) is 44.7 Å². The number of carbonyl (C=O) groups excluding carboxylic acids is 3. The lowest BCUT2D eigenvalue weighted by Crippen LogP contribution is -2.72. The zero-order valence-corrected chi connectivity index (χ0v) is 30.1. The maximum absolute atomic E-state index is 13.2. The van der Waals surface area contributed by atoms with Crippen LogP contribution in [0.4, 0.5) is 0 Å². The number of benzene rings is 1. The topological polar surface area (TPSA) is 177 Å². The average Bonchev–Trinajstić information content (AvgIpc) is 3.41. The maximum atomic E-state index is 13.2. The fraction of sp³-hybridized carbons (Fsp3) is 0.743. The van der Waals surface area contributed by atoms with E-state index in [1.54, 1.807) is 88.3 Å². The minimum Gasteiger partial charge on any atom is -0.462 e. The highest BCUT2D eigenvalue weighted by molar-refractivity contribution is 5.76. The van der Waals surface area contributed by atoms with Crippen LogP contribution in [0.1, 0.15) is 81.7 Å². The molecule has 272 valence electrons. The molecule has 2 aliphatic heterocycles. The first-order valence-electron chi connectivity index (χ1n) is 16.1. The molecule has 0 bridgehead atoms. The van der Waals surface area contributed by atoms with Crippen molar-refractivity contribution < 1.29 is 62.9 Å². The quantitative estimate of drug-likeness (QED) is 0.230. The molecule has 2 saturated heterocycles. The molecule has 0 saturated carbocycles. The molecule has 13 nitrogen and oxygen atoms in total. The number of hydrogen-bond acceptors (Lipinski definition) is 13. The van der Waals surface area contributed by atoms with Gasteiger partial charge in [-0.15, -0.1) is 0 Å². The van der Waals surface area contributed by atoms with E-state index >= 15 is 0 Å². The maximum Gasteiger partial charge on any atom is 0.311 e. The fourth-order valence-electron chi connectivity index (χ4n) is 5.20. The Morgan fingerprint density at radius 3 is 1.88 bits per heavy atom. The Morgan fingerprint density at radius 2 is 1.38 bits per heavy atom. The molecular formula is C35H54O13. The summed E-state index contributed by atoms with van der Waals surface area (Å²) < 4.78 is 41.5. The number of rotatable bonds is 11. The van der Waals surface area contributed by atoms with Crippen molar-refractivity contribution in [3.8, 4) is 0 Å². The Bertz CT molecular complexity index is 1290. The molecule has 2 heterocycles. The molecule has 2 fully saturated rings. The molecule has 0 radical (unpaired) electrons. The van der Waals surface area contributed by atoms with Gasteiger partial charge in [0.2, 0.25) is 5.79 Å². The summed E-state index contributed by atoms with van der Waals surface area (Å²) in [6.45, 7) is 14.6. The molecule has 6 atom stereocenters. The number of carbonyl (C=O) groups is 3. The first kappa shape index (κ1) is 39.8. The minimum absolute atomic E-state index is 0.0431. The summed E-state index contributed by atoms with van der Waals surface area (Å²) >= 11 is 0. The van der Waals surface area contributed by atoms with E-state index in [9.17, 15) is 29.7 Å². The van der Waals surface area contributed by atoms with Gasteiger partial charge in [0.05, 0.1) is 22.9 Å². The number of hydrogen-bond donors (Lipinski definition) is 3. The molecule has 1 spiro atoms. The van der Waals surface area contributed by atoms with Gasteiger partial charge in [-0.25, -0.2) is 0 Å². The highest BCUT2D eigenvalue weighted by Crippen LogP contribution is 2.52. The van der Waals surface area contributed by atoms with Gasteiger partial charge in [0, 0.05) is 0 Å². The van der Waals surface area contributed by atoms with Crippen LogP contribution < -0.4 is 0 Å². The second kappa shape index (κ2) is 13.9. The highest BCUT2D eigenvalue weighted by atomic mass is 16.9. The molecule has 1 aromatic rings. The third-order valence-corrected chi connectivity index (χ3v) is 8.20. The third-order valence-electron chi connectivity index (χ3n) is 8.20. The minimum atomic E-state index is -2.81. The lowest BCUT2D eigenvalue weighted by molar-refractivity contribution is -0.331. The molecule has 2 aliphatic rings. The largest absolute Gasteiger partial charge is 0.462 e. The van der Waals surface area contributed by atoms with E-state index in [-0.39, 0.29) is 13.2 Å². The molecule has 48 heavy (non-hydrogen) atoms. The molecule has 0 aliphatic carbocycles. The van der Waals surface area contributed by atoms with E-state index in [0.717, 1.165) is 5.56 Å². The van der Waals surface area contributed by atoms with Crippen molar-refractivity contribution in [1.82, 2.24) is 0 Å².